The highest BCUT2D eigenvalue weighted by molar-refractivity contribution is 7.89. The van der Waals surface area contributed by atoms with E-state index in [1.807, 2.05) is 30.6 Å². The molecule has 0 bridgehead atoms. The van der Waals surface area contributed by atoms with Crippen molar-refractivity contribution >= 4 is 10.0 Å². The Kier molecular flexibility index (Phi) is 4.62. The second kappa shape index (κ2) is 6.24. The summed E-state index contributed by atoms with van der Waals surface area (Å²) in [6.45, 7) is 4.56. The minimum atomic E-state index is -3.42. The van der Waals surface area contributed by atoms with Gasteiger partial charge in [-0.05, 0) is 41.7 Å². The summed E-state index contributed by atoms with van der Waals surface area (Å²) in [5.74, 6) is 0.397. The molecule has 0 aliphatic heterocycles. The van der Waals surface area contributed by atoms with Crippen LogP contribution in [-0.4, -0.2) is 19.9 Å². The molecule has 108 valence electrons. The number of sulfonamides is 1. The molecule has 4 nitrogen and oxygen atoms in total. The van der Waals surface area contributed by atoms with Gasteiger partial charge in [0.2, 0.25) is 10.0 Å². The third kappa shape index (κ3) is 3.71. The predicted molar refractivity (Wildman–Crippen MR) is 80.2 cm³/mol. The van der Waals surface area contributed by atoms with Crippen molar-refractivity contribution in [3.05, 3.63) is 53.9 Å². The van der Waals surface area contributed by atoms with Crippen LogP contribution >= 0.6 is 0 Å². The van der Waals surface area contributed by atoms with Crippen LogP contribution in [0.3, 0.4) is 0 Å². The lowest BCUT2D eigenvalue weighted by molar-refractivity contribution is 0.581. The van der Waals surface area contributed by atoms with Crippen LogP contribution in [0.5, 0.6) is 0 Å². The van der Waals surface area contributed by atoms with E-state index in [-0.39, 0.29) is 0 Å². The topological polar surface area (TPSA) is 62.0 Å². The smallest absolute Gasteiger partial charge is 0.240 e. The van der Waals surface area contributed by atoms with Gasteiger partial charge >= 0.3 is 0 Å². The van der Waals surface area contributed by atoms with Gasteiger partial charge in [0.25, 0.3) is 0 Å². The fourth-order valence-electron chi connectivity index (χ4n) is 1.96. The molecule has 0 amide bonds. The van der Waals surface area contributed by atoms with Crippen molar-refractivity contribution in [3.63, 3.8) is 0 Å². The fourth-order valence-corrected chi connectivity index (χ4v) is 2.99. The molecule has 0 aliphatic carbocycles. The van der Waals surface area contributed by atoms with Crippen LogP contribution in [0.25, 0.3) is 0 Å². The average Bonchev–Trinajstić information content (AvgIpc) is 2.92. The largest absolute Gasteiger partial charge is 0.367 e. The average molecular weight is 292 g/mol. The van der Waals surface area contributed by atoms with E-state index < -0.39 is 10.0 Å². The summed E-state index contributed by atoms with van der Waals surface area (Å²) in [6, 6.07) is 8.99. The van der Waals surface area contributed by atoms with Gasteiger partial charge in [0.1, 0.15) is 0 Å². The van der Waals surface area contributed by atoms with Gasteiger partial charge in [-0.3, -0.25) is 0 Å². The normalized spacial score (nSPS) is 11.9. The van der Waals surface area contributed by atoms with Crippen molar-refractivity contribution in [2.24, 2.45) is 0 Å². The molecule has 1 heterocycles. The zero-order valence-electron chi connectivity index (χ0n) is 11.8. The van der Waals surface area contributed by atoms with Crippen LogP contribution in [-0.2, 0) is 16.4 Å². The van der Waals surface area contributed by atoms with E-state index in [1.165, 1.54) is 0 Å². The monoisotopic (exact) mass is 292 g/mol. The van der Waals surface area contributed by atoms with Crippen LogP contribution in [0.15, 0.2) is 47.6 Å². The van der Waals surface area contributed by atoms with Gasteiger partial charge in [0, 0.05) is 18.9 Å². The second-order valence-electron chi connectivity index (χ2n) is 5.09. The zero-order valence-corrected chi connectivity index (χ0v) is 12.6. The Morgan fingerprint density at radius 2 is 1.85 bits per heavy atom. The first kappa shape index (κ1) is 14.8. The molecule has 2 rings (SSSR count). The number of aromatic nitrogens is 1. The molecule has 0 atom stereocenters. The minimum Gasteiger partial charge on any atom is -0.367 e. The van der Waals surface area contributed by atoms with E-state index in [0.29, 0.717) is 23.8 Å². The van der Waals surface area contributed by atoms with Gasteiger partial charge in [-0.25, -0.2) is 13.1 Å². The van der Waals surface area contributed by atoms with Crippen molar-refractivity contribution < 1.29 is 8.42 Å². The Morgan fingerprint density at radius 3 is 2.40 bits per heavy atom. The van der Waals surface area contributed by atoms with Crippen molar-refractivity contribution in [1.29, 1.82) is 0 Å². The summed E-state index contributed by atoms with van der Waals surface area (Å²) < 4.78 is 26.9. The van der Waals surface area contributed by atoms with E-state index >= 15 is 0 Å². The quantitative estimate of drug-likeness (QED) is 0.860. The van der Waals surface area contributed by atoms with Crippen molar-refractivity contribution in [2.75, 3.05) is 6.54 Å². The van der Waals surface area contributed by atoms with Gasteiger partial charge < -0.3 is 4.98 Å². The molecule has 0 radical (unpaired) electrons. The fraction of sp³-hybridized carbons (Fsp3) is 0.333. The Hall–Kier alpha value is -1.59. The molecule has 0 saturated carbocycles. The van der Waals surface area contributed by atoms with Gasteiger partial charge in [-0.1, -0.05) is 26.0 Å². The number of hydrogen-bond donors (Lipinski definition) is 2. The number of nitrogens with one attached hydrogen (secondary N) is 2. The van der Waals surface area contributed by atoms with Crippen molar-refractivity contribution in [2.45, 2.75) is 31.1 Å². The van der Waals surface area contributed by atoms with Gasteiger partial charge in [0.05, 0.1) is 4.90 Å². The molecule has 0 spiro atoms. The highest BCUT2D eigenvalue weighted by atomic mass is 32.2. The van der Waals surface area contributed by atoms with Crippen LogP contribution in [0.2, 0.25) is 0 Å². The molecular weight excluding hydrogens is 272 g/mol. The highest BCUT2D eigenvalue weighted by Crippen LogP contribution is 2.17. The standard InChI is InChI=1S/C15H20N2O2S/c1-12(2)14-3-5-15(6-4-14)20(18,19)17-10-8-13-7-9-16-11-13/h3-7,9,11-12,16-17H,8,10H2,1-2H3. The SMILES string of the molecule is CC(C)c1ccc(S(=O)(=O)NCCc2cc[nH]c2)cc1. The van der Waals surface area contributed by atoms with E-state index in [4.69, 9.17) is 0 Å². The zero-order chi connectivity index (χ0) is 14.6. The number of H-pyrrole nitrogens is 1. The molecule has 0 fully saturated rings. The maximum Gasteiger partial charge on any atom is 0.240 e. The number of benzene rings is 1. The van der Waals surface area contributed by atoms with Crippen LogP contribution in [0.1, 0.15) is 30.9 Å². The summed E-state index contributed by atoms with van der Waals surface area (Å²) in [4.78, 5) is 3.26. The summed E-state index contributed by atoms with van der Waals surface area (Å²) in [7, 11) is -3.42. The molecule has 1 aromatic heterocycles. The van der Waals surface area contributed by atoms with Crippen LogP contribution < -0.4 is 4.72 Å². The number of hydrogen-bond acceptors (Lipinski definition) is 2. The van der Waals surface area contributed by atoms with E-state index in [0.717, 1.165) is 11.1 Å². The molecular formula is C15H20N2O2S. The molecule has 2 N–H and O–H groups in total. The van der Waals surface area contributed by atoms with E-state index in [1.54, 1.807) is 12.1 Å². The predicted octanol–water partition coefficient (Wildman–Crippen LogP) is 2.66. The van der Waals surface area contributed by atoms with Crippen LogP contribution in [0, 0.1) is 0 Å². The van der Waals surface area contributed by atoms with E-state index in [9.17, 15) is 8.42 Å². The van der Waals surface area contributed by atoms with E-state index in [2.05, 4.69) is 23.6 Å². The van der Waals surface area contributed by atoms with Gasteiger partial charge in [-0.15, -0.1) is 0 Å². The number of aromatic amines is 1. The maximum absolute atomic E-state index is 12.1. The molecule has 0 saturated heterocycles. The lowest BCUT2D eigenvalue weighted by atomic mass is 10.0. The molecule has 20 heavy (non-hydrogen) atoms. The lowest BCUT2D eigenvalue weighted by Crippen LogP contribution is -2.25. The Bertz CT molecular complexity index is 629. The Balaban J connectivity index is 1.99. The molecule has 0 aliphatic rings. The first-order chi connectivity index (χ1) is 9.49. The third-order valence-corrected chi connectivity index (χ3v) is 4.70. The lowest BCUT2D eigenvalue weighted by Gasteiger charge is -2.09. The molecule has 1 aromatic carbocycles. The third-order valence-electron chi connectivity index (χ3n) is 3.23. The minimum absolute atomic E-state index is 0.316. The Morgan fingerprint density at radius 1 is 1.15 bits per heavy atom. The molecule has 5 heteroatoms. The highest BCUT2D eigenvalue weighted by Gasteiger charge is 2.13. The summed E-state index contributed by atoms with van der Waals surface area (Å²) in [5.41, 5.74) is 2.22. The van der Waals surface area contributed by atoms with Crippen molar-refractivity contribution in [3.8, 4) is 0 Å². The summed E-state index contributed by atoms with van der Waals surface area (Å²) in [6.07, 6.45) is 4.37. The Labute approximate surface area is 120 Å². The maximum atomic E-state index is 12.1. The molecule has 0 unspecified atom stereocenters. The van der Waals surface area contributed by atoms with Gasteiger partial charge in [0.15, 0.2) is 0 Å². The first-order valence-electron chi connectivity index (χ1n) is 6.70. The number of rotatable bonds is 6. The van der Waals surface area contributed by atoms with Crippen LogP contribution in [0.4, 0.5) is 0 Å². The second-order valence-corrected chi connectivity index (χ2v) is 6.86. The summed E-state index contributed by atoms with van der Waals surface area (Å²) >= 11 is 0. The molecule has 2 aromatic rings. The summed E-state index contributed by atoms with van der Waals surface area (Å²) in [5, 5.41) is 0. The first-order valence-corrected chi connectivity index (χ1v) is 8.18. The van der Waals surface area contributed by atoms with Crippen molar-refractivity contribution in [1.82, 2.24) is 9.71 Å². The van der Waals surface area contributed by atoms with Gasteiger partial charge in [-0.2, -0.15) is 0 Å².